The van der Waals surface area contributed by atoms with E-state index >= 15 is 0 Å². The number of pyridine rings is 1. The van der Waals surface area contributed by atoms with Crippen molar-refractivity contribution in [2.45, 2.75) is 4.90 Å². The normalized spacial score (nSPS) is 11.2. The highest BCUT2D eigenvalue weighted by atomic mass is 79.9. The van der Waals surface area contributed by atoms with Gasteiger partial charge in [-0.2, -0.15) is 0 Å². The van der Waals surface area contributed by atoms with Crippen molar-refractivity contribution in [3.8, 4) is 0 Å². The van der Waals surface area contributed by atoms with Gasteiger partial charge in [-0.3, -0.25) is 4.72 Å². The Labute approximate surface area is 141 Å². The van der Waals surface area contributed by atoms with Crippen LogP contribution in [0.4, 0.5) is 5.82 Å². The van der Waals surface area contributed by atoms with Gasteiger partial charge in [0.2, 0.25) is 0 Å². The topological polar surface area (TPSA) is 85.4 Å². The van der Waals surface area contributed by atoms with Gasteiger partial charge in [-0.15, -0.1) is 11.3 Å². The van der Waals surface area contributed by atoms with Gasteiger partial charge in [0.1, 0.15) is 20.2 Å². The maximum Gasteiger partial charge on any atom is 0.348 e. The first kappa shape index (κ1) is 16.4. The van der Waals surface area contributed by atoms with Gasteiger partial charge in [-0.25, -0.2) is 18.2 Å². The highest BCUT2D eigenvalue weighted by molar-refractivity contribution is 9.11. The summed E-state index contributed by atoms with van der Waals surface area (Å²) in [7, 11) is -2.63. The third-order valence-corrected chi connectivity index (χ3v) is 6.31. The van der Waals surface area contributed by atoms with Crippen LogP contribution in [0.3, 0.4) is 0 Å². The van der Waals surface area contributed by atoms with Crippen LogP contribution in [0.15, 0.2) is 37.6 Å². The first-order valence-corrected chi connectivity index (χ1v) is 9.25. The van der Waals surface area contributed by atoms with E-state index in [1.807, 2.05) is 0 Å². The number of ether oxygens (including phenoxy) is 1. The molecule has 112 valence electrons. The number of hydrogen-bond donors (Lipinski definition) is 1. The molecule has 0 atom stereocenters. The van der Waals surface area contributed by atoms with Crippen LogP contribution in [0.25, 0.3) is 0 Å². The number of thiophene rings is 1. The Morgan fingerprint density at radius 2 is 2.10 bits per heavy atom. The largest absolute Gasteiger partial charge is 0.465 e. The van der Waals surface area contributed by atoms with E-state index in [4.69, 9.17) is 0 Å². The van der Waals surface area contributed by atoms with Crippen LogP contribution in [0.5, 0.6) is 0 Å². The third kappa shape index (κ3) is 3.82. The molecule has 2 aromatic rings. The molecular formula is C11H8Br2N2O4S2. The molecule has 6 nitrogen and oxygen atoms in total. The molecule has 0 amide bonds. The average Bonchev–Trinajstić information content (AvgIpc) is 2.80. The highest BCUT2D eigenvalue weighted by Crippen LogP contribution is 2.33. The van der Waals surface area contributed by atoms with Gasteiger partial charge >= 0.3 is 5.97 Å². The molecule has 2 heterocycles. The van der Waals surface area contributed by atoms with E-state index in [1.165, 1.54) is 19.2 Å². The van der Waals surface area contributed by atoms with Crippen molar-refractivity contribution in [3.63, 3.8) is 0 Å². The molecule has 0 saturated carbocycles. The van der Waals surface area contributed by atoms with Gasteiger partial charge in [0.25, 0.3) is 10.0 Å². The number of nitrogens with zero attached hydrogens (tertiary/aromatic N) is 1. The molecular weight excluding hydrogens is 448 g/mol. The highest BCUT2D eigenvalue weighted by Gasteiger charge is 2.24. The van der Waals surface area contributed by atoms with Crippen molar-refractivity contribution in [3.05, 3.63) is 37.5 Å². The van der Waals surface area contributed by atoms with Crippen LogP contribution in [0, 0.1) is 0 Å². The lowest BCUT2D eigenvalue weighted by Gasteiger charge is -2.06. The number of methoxy groups -OCH3 is 1. The van der Waals surface area contributed by atoms with E-state index in [2.05, 4.69) is 46.3 Å². The Kier molecular flexibility index (Phi) is 5.02. The van der Waals surface area contributed by atoms with Gasteiger partial charge in [0.15, 0.2) is 0 Å². The molecule has 2 aromatic heterocycles. The van der Waals surface area contributed by atoms with Crippen LogP contribution in [-0.4, -0.2) is 26.5 Å². The number of carbonyl (C=O) groups excluding carboxylic acids is 1. The molecule has 0 aliphatic carbocycles. The fourth-order valence-electron chi connectivity index (χ4n) is 1.39. The monoisotopic (exact) mass is 454 g/mol. The number of halogens is 2. The van der Waals surface area contributed by atoms with Crippen molar-refractivity contribution in [1.82, 2.24) is 4.98 Å². The first-order valence-electron chi connectivity index (χ1n) is 5.36. The van der Waals surface area contributed by atoms with E-state index in [0.29, 0.717) is 8.39 Å². The van der Waals surface area contributed by atoms with Crippen molar-refractivity contribution < 1.29 is 17.9 Å². The summed E-state index contributed by atoms with van der Waals surface area (Å²) in [4.78, 5) is 15.6. The van der Waals surface area contributed by atoms with Gasteiger partial charge < -0.3 is 4.74 Å². The molecule has 0 spiro atoms. The molecule has 21 heavy (non-hydrogen) atoms. The Morgan fingerprint density at radius 1 is 1.38 bits per heavy atom. The molecule has 0 aliphatic heterocycles. The van der Waals surface area contributed by atoms with Crippen LogP contribution in [0.2, 0.25) is 0 Å². The minimum atomic E-state index is -3.86. The third-order valence-electron chi connectivity index (χ3n) is 2.29. The van der Waals surface area contributed by atoms with Crippen LogP contribution in [0.1, 0.15) is 9.67 Å². The van der Waals surface area contributed by atoms with Crippen molar-refractivity contribution in [1.29, 1.82) is 0 Å². The lowest BCUT2D eigenvalue weighted by molar-refractivity contribution is 0.0606. The van der Waals surface area contributed by atoms with E-state index in [0.717, 1.165) is 11.3 Å². The Bertz CT molecular complexity index is 789. The number of hydrogen-bond acceptors (Lipinski definition) is 6. The number of nitrogens with one attached hydrogen (secondary N) is 1. The fourth-order valence-corrected chi connectivity index (χ4v) is 5.22. The van der Waals surface area contributed by atoms with E-state index in [1.54, 1.807) is 12.1 Å². The summed E-state index contributed by atoms with van der Waals surface area (Å²) < 4.78 is 32.4. The van der Waals surface area contributed by atoms with Crippen LogP contribution in [-0.2, 0) is 14.8 Å². The van der Waals surface area contributed by atoms with Crippen LogP contribution < -0.4 is 4.72 Å². The average molecular weight is 456 g/mol. The maximum absolute atomic E-state index is 12.3. The maximum atomic E-state index is 12.3. The fraction of sp³-hybridized carbons (Fsp3) is 0.0909. The number of rotatable bonds is 4. The molecule has 2 rings (SSSR count). The molecule has 0 fully saturated rings. The summed E-state index contributed by atoms with van der Waals surface area (Å²) >= 11 is 7.28. The lowest BCUT2D eigenvalue weighted by Crippen LogP contribution is -2.13. The zero-order valence-corrected chi connectivity index (χ0v) is 15.3. The van der Waals surface area contributed by atoms with Gasteiger partial charge in [-0.05, 0) is 50.1 Å². The zero-order chi connectivity index (χ0) is 15.6. The first-order chi connectivity index (χ1) is 9.83. The second-order valence-electron chi connectivity index (χ2n) is 3.69. The van der Waals surface area contributed by atoms with Gasteiger partial charge in [0, 0.05) is 0 Å². The number of anilines is 1. The summed E-state index contributed by atoms with van der Waals surface area (Å²) in [6.07, 6.45) is 0. The summed E-state index contributed by atoms with van der Waals surface area (Å²) in [6.45, 7) is 0. The standard InChI is InChI=1S/C11H8Br2N2O4S2/c1-19-11(16)6-5-7(10(13)20-6)21(17,18)15-9-4-2-3-8(12)14-9/h2-5H,1H3,(H,14,15). The number of carbonyl (C=O) groups is 1. The predicted octanol–water partition coefficient (Wildman–Crippen LogP) is 3.26. The van der Waals surface area contributed by atoms with E-state index in [9.17, 15) is 13.2 Å². The molecule has 1 N–H and O–H groups in total. The number of sulfonamides is 1. The molecule has 0 aromatic carbocycles. The summed E-state index contributed by atoms with van der Waals surface area (Å²) in [6, 6.07) is 6.09. The Morgan fingerprint density at radius 3 is 2.71 bits per heavy atom. The predicted molar refractivity (Wildman–Crippen MR) is 86.1 cm³/mol. The molecule has 0 bridgehead atoms. The smallest absolute Gasteiger partial charge is 0.348 e. The summed E-state index contributed by atoms with van der Waals surface area (Å²) in [5, 5.41) is 0. The number of esters is 1. The quantitative estimate of drug-likeness (QED) is 0.564. The van der Waals surface area contributed by atoms with Gasteiger partial charge in [0.05, 0.1) is 10.9 Å². The SMILES string of the molecule is COC(=O)c1cc(S(=O)(=O)Nc2cccc(Br)n2)c(Br)s1. The van der Waals surface area contributed by atoms with E-state index in [-0.39, 0.29) is 15.6 Å². The van der Waals surface area contributed by atoms with Crippen molar-refractivity contribution in [2.75, 3.05) is 11.8 Å². The summed E-state index contributed by atoms with van der Waals surface area (Å²) in [5.74, 6) is -0.426. The zero-order valence-electron chi connectivity index (χ0n) is 10.5. The second kappa shape index (κ2) is 6.42. The molecule has 0 radical (unpaired) electrons. The Balaban J connectivity index is 2.36. The second-order valence-corrected chi connectivity index (χ2v) is 8.52. The van der Waals surface area contributed by atoms with E-state index < -0.39 is 16.0 Å². The van der Waals surface area contributed by atoms with Gasteiger partial charge in [-0.1, -0.05) is 6.07 Å². The molecule has 0 saturated heterocycles. The van der Waals surface area contributed by atoms with Crippen molar-refractivity contribution in [2.24, 2.45) is 0 Å². The summed E-state index contributed by atoms with van der Waals surface area (Å²) in [5.41, 5.74) is 0. The minimum Gasteiger partial charge on any atom is -0.465 e. The number of aromatic nitrogens is 1. The molecule has 0 unspecified atom stereocenters. The van der Waals surface area contributed by atoms with Crippen molar-refractivity contribution >= 4 is 65.0 Å². The Hall–Kier alpha value is -0.970. The molecule has 10 heteroatoms. The lowest BCUT2D eigenvalue weighted by atomic mass is 10.5. The van der Waals surface area contributed by atoms with Crippen LogP contribution >= 0.6 is 43.2 Å². The minimum absolute atomic E-state index is 0.0466. The molecule has 0 aliphatic rings.